The van der Waals surface area contributed by atoms with E-state index >= 15 is 0 Å². The van der Waals surface area contributed by atoms with Crippen molar-refractivity contribution in [2.75, 3.05) is 39.6 Å². The third-order valence-electron chi connectivity index (χ3n) is 19.5. The van der Waals surface area contributed by atoms with Gasteiger partial charge in [-0.3, -0.25) is 9.59 Å². The Hall–Kier alpha value is -2.70. The van der Waals surface area contributed by atoms with Crippen molar-refractivity contribution < 1.29 is 213 Å². The van der Waals surface area contributed by atoms with Crippen LogP contribution < -0.4 is 10.6 Å². The molecule has 0 aromatic heterocycles. The molecule has 9 fully saturated rings. The number of hydrogen-bond acceptors (Lipinski definition) is 43. The summed E-state index contributed by atoms with van der Waals surface area (Å²) in [6.07, 6.45) is -86.5. The number of rotatable bonds is 24. The summed E-state index contributed by atoms with van der Waals surface area (Å²) < 4.78 is 102. The van der Waals surface area contributed by atoms with E-state index in [1.54, 1.807) is 0 Å². The van der Waals surface area contributed by atoms with Gasteiger partial charge in [-0.1, -0.05) is 0 Å². The Morgan fingerprint density at radius 3 is 0.883 bits per heavy atom. The summed E-state index contributed by atoms with van der Waals surface area (Å²) in [6.45, 7) is -1.15. The normalized spacial score (nSPS) is 52.3. The van der Waals surface area contributed by atoms with Gasteiger partial charge in [-0.25, -0.2) is 0 Å². The van der Waals surface area contributed by atoms with Gasteiger partial charge in [0, 0.05) is 13.8 Å². The van der Waals surface area contributed by atoms with Crippen LogP contribution in [0.25, 0.3) is 0 Å². The first-order valence-corrected chi connectivity index (χ1v) is 33.2. The molecule has 0 radical (unpaired) electrons. The van der Waals surface area contributed by atoms with Crippen molar-refractivity contribution in [2.45, 2.75) is 311 Å². The average Bonchev–Trinajstić information content (AvgIpc) is 0.763. The van der Waals surface area contributed by atoms with Crippen molar-refractivity contribution in [1.29, 1.82) is 0 Å². The third kappa shape index (κ3) is 17.9. The highest BCUT2D eigenvalue weighted by Gasteiger charge is 2.62. The first kappa shape index (κ1) is 84.3. The topological polar surface area (TPSA) is 701 Å². The van der Waals surface area contributed by atoms with Crippen LogP contribution in [0, 0.1) is 0 Å². The van der Waals surface area contributed by atoms with Crippen LogP contribution in [0.15, 0.2) is 0 Å². The fourth-order valence-corrected chi connectivity index (χ4v) is 13.6. The molecule has 9 saturated heterocycles. The molecule has 0 saturated carbocycles. The predicted molar refractivity (Wildman–Crippen MR) is 316 cm³/mol. The fourth-order valence-electron chi connectivity index (χ4n) is 13.6. The predicted octanol–water partition coefficient (Wildman–Crippen LogP) is -17.3. The maximum absolute atomic E-state index is 13.5. The van der Waals surface area contributed by atoms with Gasteiger partial charge in [0.25, 0.3) is 0 Å². The van der Waals surface area contributed by atoms with Crippen molar-refractivity contribution in [1.82, 2.24) is 10.6 Å². The van der Waals surface area contributed by atoms with Crippen molar-refractivity contribution in [3.63, 3.8) is 0 Å². The van der Waals surface area contributed by atoms with Gasteiger partial charge in [0.1, 0.15) is 201 Å². The Morgan fingerprint density at radius 2 is 0.524 bits per heavy atom. The second kappa shape index (κ2) is 36.0. The summed E-state index contributed by atoms with van der Waals surface area (Å²) in [5, 5.41) is 270. The van der Waals surface area contributed by atoms with E-state index in [9.17, 15) is 132 Å². The maximum Gasteiger partial charge on any atom is 0.217 e. The second-order valence-electron chi connectivity index (χ2n) is 26.6. The molecule has 2 amide bonds. The Morgan fingerprint density at radius 1 is 0.252 bits per heavy atom. The quantitative estimate of drug-likeness (QED) is 0.0427. The van der Waals surface area contributed by atoms with Crippen molar-refractivity contribution in [3.05, 3.63) is 0 Å². The molecule has 45 nitrogen and oxygen atoms in total. The average molecular weight is 1510 g/mol. The number of amides is 2. The smallest absolute Gasteiger partial charge is 0.217 e. The van der Waals surface area contributed by atoms with Gasteiger partial charge in [-0.05, 0) is 20.8 Å². The lowest BCUT2D eigenvalue weighted by Gasteiger charge is -2.53. The molecule has 0 bridgehead atoms. The van der Waals surface area contributed by atoms with Crippen LogP contribution >= 0.6 is 0 Å². The summed E-state index contributed by atoms with van der Waals surface area (Å²) in [4.78, 5) is 27.1. The minimum Gasteiger partial charge on any atom is -0.394 e. The van der Waals surface area contributed by atoms with E-state index in [1.807, 2.05) is 0 Å². The molecule has 598 valence electrons. The zero-order valence-corrected chi connectivity index (χ0v) is 55.7. The van der Waals surface area contributed by atoms with Crippen LogP contribution in [0.5, 0.6) is 0 Å². The van der Waals surface area contributed by atoms with Crippen LogP contribution in [0.3, 0.4) is 0 Å². The largest absolute Gasteiger partial charge is 0.394 e. The van der Waals surface area contributed by atoms with Crippen LogP contribution in [-0.4, -0.2) is 450 Å². The van der Waals surface area contributed by atoms with Crippen LogP contribution in [-0.2, 0) is 90.1 Å². The van der Waals surface area contributed by atoms with Crippen LogP contribution in [0.1, 0.15) is 34.6 Å². The third-order valence-corrected chi connectivity index (χ3v) is 19.5. The number of aliphatic hydroxyl groups is 24. The molecule has 9 heterocycles. The molecule has 0 spiro atoms. The molecule has 26 N–H and O–H groups in total. The molecule has 9 aliphatic rings. The molecule has 9 rings (SSSR count). The van der Waals surface area contributed by atoms with E-state index in [2.05, 4.69) is 10.6 Å². The lowest BCUT2D eigenvalue weighted by atomic mass is 9.93. The molecule has 45 atom stereocenters. The molecule has 0 aromatic carbocycles. The minimum atomic E-state index is -2.52. The molecule has 45 heteroatoms. The van der Waals surface area contributed by atoms with E-state index in [0.29, 0.717) is 0 Å². The first-order valence-electron chi connectivity index (χ1n) is 33.2. The fraction of sp³-hybridized carbons (Fsp3) is 0.966. The lowest BCUT2D eigenvalue weighted by molar-refractivity contribution is -0.404. The molecule has 0 unspecified atom stereocenters. The van der Waals surface area contributed by atoms with E-state index in [0.717, 1.165) is 13.8 Å². The second-order valence-corrected chi connectivity index (χ2v) is 26.6. The van der Waals surface area contributed by atoms with E-state index in [-0.39, 0.29) is 0 Å². The van der Waals surface area contributed by atoms with Crippen molar-refractivity contribution in [3.8, 4) is 0 Å². The highest BCUT2D eigenvalue weighted by molar-refractivity contribution is 5.73. The molecule has 103 heavy (non-hydrogen) atoms. The number of hydrogen-bond donors (Lipinski definition) is 26. The van der Waals surface area contributed by atoms with Crippen molar-refractivity contribution in [2.24, 2.45) is 0 Å². The zero-order valence-electron chi connectivity index (χ0n) is 55.7. The standard InChI is InChI=1S/C58H98N2O43/c1-12-25(69)31(75)37(81)53(87-12)97-43-21(10-65)94-51(101-47-29(73)18(7-62)91-56(40(47)84)96-42-20(9-64)90-50(86)36(80)35(42)79)23(59-15(4)67)45(43)100-57-41(85)48(30(74)19(8-63)92-57)102-52-24(60-16(5)68)46(99-54-38(82)32(76)26(70)13(2)88-54)44(22(11-66)95-52)98-58-49(34(78)28(72)17(6-61)93-58)103-55-39(83)33(77)27(71)14(3)89-55/h12-14,17-58,61-66,69-86H,6-11H2,1-5H3,(H,59,67)(H,60,68)/t12-,13-,14-,17+,18+,19+,20+,21+,22+,23+,24+,25+,26+,27+,28-,29-,30-,31+,32+,33+,34-,35+,36+,37-,38-,39-,40+,41+,42+,43+,44+,45+,46+,47-,48-,49+,50+,51-,52-,53-,54-,55-,56-,57-,58-/m0/s1. The van der Waals surface area contributed by atoms with Gasteiger partial charge < -0.3 is 214 Å². The summed E-state index contributed by atoms with van der Waals surface area (Å²) >= 11 is 0. The Bertz CT molecular complexity index is 2660. The molecule has 0 aromatic rings. The lowest BCUT2D eigenvalue weighted by Crippen LogP contribution is -2.72. The van der Waals surface area contributed by atoms with Gasteiger partial charge in [0.05, 0.1) is 58.0 Å². The minimum absolute atomic E-state index is 0.924. The van der Waals surface area contributed by atoms with Gasteiger partial charge in [0.2, 0.25) is 11.8 Å². The summed E-state index contributed by atoms with van der Waals surface area (Å²) in [5.41, 5.74) is 0. The molecular weight excluding hydrogens is 1410 g/mol. The highest BCUT2D eigenvalue weighted by Crippen LogP contribution is 2.41. The number of carbonyl (C=O) groups excluding carboxylic acids is 2. The molecule has 0 aliphatic carbocycles. The SMILES string of the molecule is CC(=O)N[C@H]1[C@H](O[C@H]2[C@@H](O)[C@@H](CO)O[C@@H](O[C@H]3[C@H](O)[C@@H](O)[C@H](O)O[C@@H]3CO)[C@@H]2O)O[C@H](CO)[C@@H](O[C@@H]2O[C@@H](C)[C@@H](O)[C@@H](O)[C@@H]2O)[C@@H]1O[C@@H]1O[C@H](CO)[C@H](O)[C@H](O[C@@H]2O[C@H](CO)[C@@H](O[C@@H]3O[C@H](CO)[C@H](O)[C@H](O)[C@H]3O[C@@H]3O[C@@H](C)[C@@H](O)[C@@H](O)[C@@H]3O)[C@H](O[C@@H]3O[C@@H](C)[C@@H](O)[C@@H](O)[C@@H]3O)[C@H]2NC(C)=O)[C@H]1O. The van der Waals surface area contributed by atoms with Gasteiger partial charge in [0.15, 0.2) is 56.6 Å². The zero-order chi connectivity index (χ0) is 75.8. The van der Waals surface area contributed by atoms with E-state index in [1.165, 1.54) is 20.8 Å². The number of aliphatic hydroxyl groups excluding tert-OH is 24. The maximum atomic E-state index is 13.5. The number of carbonyl (C=O) groups is 2. The van der Waals surface area contributed by atoms with Crippen LogP contribution in [0.2, 0.25) is 0 Å². The monoisotopic (exact) mass is 1510 g/mol. The summed E-state index contributed by atoms with van der Waals surface area (Å²) in [6, 6.07) is -4.08. The Labute approximate surface area is 584 Å². The summed E-state index contributed by atoms with van der Waals surface area (Å²) in [7, 11) is 0. The molecule has 9 aliphatic heterocycles. The first-order chi connectivity index (χ1) is 48.6. The van der Waals surface area contributed by atoms with Gasteiger partial charge >= 0.3 is 0 Å². The van der Waals surface area contributed by atoms with Gasteiger partial charge in [-0.2, -0.15) is 0 Å². The van der Waals surface area contributed by atoms with E-state index < -0.39 is 328 Å². The van der Waals surface area contributed by atoms with Crippen molar-refractivity contribution >= 4 is 11.8 Å². The number of ether oxygens (including phenoxy) is 17. The Balaban J connectivity index is 1.08. The summed E-state index contributed by atoms with van der Waals surface area (Å²) in [5.74, 6) is -2.01. The molecular formula is C58H98N2O43. The number of nitrogens with one attached hydrogen (secondary N) is 2. The van der Waals surface area contributed by atoms with Crippen LogP contribution in [0.4, 0.5) is 0 Å². The van der Waals surface area contributed by atoms with Gasteiger partial charge in [-0.15, -0.1) is 0 Å². The highest BCUT2D eigenvalue weighted by atomic mass is 16.8. The Kier molecular flexibility index (Phi) is 29.5. The van der Waals surface area contributed by atoms with E-state index in [4.69, 9.17) is 80.5 Å².